The molecule has 0 spiro atoms. The summed E-state index contributed by atoms with van der Waals surface area (Å²) >= 11 is 6.02. The lowest BCUT2D eigenvalue weighted by molar-refractivity contribution is 0.0651. The Morgan fingerprint density at radius 2 is 2.05 bits per heavy atom. The Morgan fingerprint density at radius 1 is 1.38 bits per heavy atom. The van der Waals surface area contributed by atoms with Gasteiger partial charge in [0.05, 0.1) is 12.6 Å². The van der Waals surface area contributed by atoms with E-state index in [4.69, 9.17) is 16.9 Å². The van der Waals surface area contributed by atoms with Gasteiger partial charge in [0.25, 0.3) is 5.91 Å². The van der Waals surface area contributed by atoms with Crippen molar-refractivity contribution in [1.29, 1.82) is 5.26 Å². The van der Waals surface area contributed by atoms with Crippen molar-refractivity contribution in [1.82, 2.24) is 14.8 Å². The van der Waals surface area contributed by atoms with Gasteiger partial charge in [-0.25, -0.2) is 4.98 Å². The van der Waals surface area contributed by atoms with Crippen LogP contribution in [-0.4, -0.2) is 53.4 Å². The molecule has 0 radical (unpaired) electrons. The number of piperazine rings is 1. The van der Waals surface area contributed by atoms with Gasteiger partial charge in [0.1, 0.15) is 5.15 Å². The molecule has 2 rings (SSSR count). The number of hydrogen-bond acceptors (Lipinski definition) is 4. The summed E-state index contributed by atoms with van der Waals surface area (Å²) in [6.07, 6.45) is 0. The van der Waals surface area contributed by atoms with Crippen molar-refractivity contribution in [2.75, 3.05) is 32.7 Å². The third kappa shape index (κ3) is 3.93. The van der Waals surface area contributed by atoms with Crippen molar-refractivity contribution < 1.29 is 4.79 Å². The molecule has 1 fully saturated rings. The van der Waals surface area contributed by atoms with Crippen molar-refractivity contribution in [3.8, 4) is 6.07 Å². The summed E-state index contributed by atoms with van der Waals surface area (Å²) in [5.41, 5.74) is 1.42. The zero-order valence-corrected chi connectivity index (χ0v) is 13.1. The van der Waals surface area contributed by atoms with Crippen molar-refractivity contribution in [2.24, 2.45) is 0 Å². The van der Waals surface area contributed by atoms with Gasteiger partial charge >= 0.3 is 0 Å². The van der Waals surface area contributed by atoms with Gasteiger partial charge in [0.2, 0.25) is 0 Å². The van der Waals surface area contributed by atoms with Gasteiger partial charge < -0.3 is 4.90 Å². The lowest BCUT2D eigenvalue weighted by Crippen LogP contribution is -2.48. The van der Waals surface area contributed by atoms with Crippen LogP contribution in [0.4, 0.5) is 0 Å². The maximum Gasteiger partial charge on any atom is 0.254 e. The second kappa shape index (κ2) is 6.88. The molecule has 1 aromatic rings. The number of hydrogen-bond donors (Lipinski definition) is 0. The predicted molar refractivity (Wildman–Crippen MR) is 81.3 cm³/mol. The molecule has 1 aliphatic heterocycles. The number of amides is 1. The van der Waals surface area contributed by atoms with Crippen LogP contribution in [0.1, 0.15) is 35.8 Å². The normalized spacial score (nSPS) is 16.0. The Kier molecular flexibility index (Phi) is 5.16. The smallest absolute Gasteiger partial charge is 0.254 e. The third-order valence-electron chi connectivity index (χ3n) is 3.61. The van der Waals surface area contributed by atoms with Crippen molar-refractivity contribution >= 4 is 17.5 Å². The highest BCUT2D eigenvalue weighted by Crippen LogP contribution is 2.19. The van der Waals surface area contributed by atoms with Crippen LogP contribution in [0.5, 0.6) is 0 Å². The molecule has 2 heterocycles. The van der Waals surface area contributed by atoms with Crippen molar-refractivity contribution in [2.45, 2.75) is 19.8 Å². The van der Waals surface area contributed by atoms with Gasteiger partial charge in [-0.3, -0.25) is 9.69 Å². The van der Waals surface area contributed by atoms with E-state index < -0.39 is 0 Å². The van der Waals surface area contributed by atoms with Crippen LogP contribution in [0, 0.1) is 11.3 Å². The van der Waals surface area contributed by atoms with Gasteiger partial charge in [-0.15, -0.1) is 0 Å². The fourth-order valence-corrected chi connectivity index (χ4v) is 2.54. The quantitative estimate of drug-likeness (QED) is 0.634. The zero-order chi connectivity index (χ0) is 15.4. The number of rotatable bonds is 3. The number of pyridine rings is 1. The molecule has 0 unspecified atom stereocenters. The first-order valence-electron chi connectivity index (χ1n) is 7.07. The van der Waals surface area contributed by atoms with Gasteiger partial charge in [0.15, 0.2) is 0 Å². The summed E-state index contributed by atoms with van der Waals surface area (Å²) < 4.78 is 0. The highest BCUT2D eigenvalue weighted by atomic mass is 35.5. The Balaban J connectivity index is 2.09. The van der Waals surface area contributed by atoms with Gasteiger partial charge in [-0.05, 0) is 18.1 Å². The van der Waals surface area contributed by atoms with Crippen LogP contribution in [0.25, 0.3) is 0 Å². The molecule has 1 aliphatic rings. The molecule has 5 nitrogen and oxygen atoms in total. The zero-order valence-electron chi connectivity index (χ0n) is 12.3. The van der Waals surface area contributed by atoms with Crippen LogP contribution >= 0.6 is 11.6 Å². The standard InChI is InChI=1S/C15H19ClN4O/c1-11(2)13-9-12(10-14(16)18-13)15(21)20-7-5-19(4-3-17)6-8-20/h9-11H,4-8H2,1-2H3. The SMILES string of the molecule is CC(C)c1cc(C(=O)N2CCN(CC#N)CC2)cc(Cl)n1. The number of nitriles is 1. The number of carbonyl (C=O) groups is 1. The van der Waals surface area contributed by atoms with Crippen LogP contribution in [-0.2, 0) is 0 Å². The molecular weight excluding hydrogens is 288 g/mol. The van der Waals surface area contributed by atoms with E-state index in [9.17, 15) is 4.79 Å². The fourth-order valence-electron chi connectivity index (χ4n) is 2.33. The summed E-state index contributed by atoms with van der Waals surface area (Å²) in [6.45, 7) is 7.20. The lowest BCUT2D eigenvalue weighted by Gasteiger charge is -2.33. The first-order valence-corrected chi connectivity index (χ1v) is 7.45. The minimum atomic E-state index is -0.0159. The van der Waals surface area contributed by atoms with E-state index in [1.54, 1.807) is 6.07 Å². The average molecular weight is 307 g/mol. The topological polar surface area (TPSA) is 60.2 Å². The van der Waals surface area contributed by atoms with Gasteiger partial charge in [-0.2, -0.15) is 5.26 Å². The van der Waals surface area contributed by atoms with Crippen molar-refractivity contribution in [3.05, 3.63) is 28.5 Å². The summed E-state index contributed by atoms with van der Waals surface area (Å²) in [6, 6.07) is 5.58. The molecule has 0 aliphatic carbocycles. The predicted octanol–water partition coefficient (Wildman–Crippen LogP) is 2.14. The lowest BCUT2D eigenvalue weighted by atomic mass is 10.1. The second-order valence-corrected chi connectivity index (χ2v) is 5.87. The Labute approximate surface area is 130 Å². The molecule has 0 saturated carbocycles. The van der Waals surface area contributed by atoms with E-state index in [0.717, 1.165) is 18.8 Å². The first kappa shape index (κ1) is 15.7. The maximum absolute atomic E-state index is 12.5. The summed E-state index contributed by atoms with van der Waals surface area (Å²) in [5.74, 6) is 0.209. The van der Waals surface area contributed by atoms with Crippen LogP contribution < -0.4 is 0 Å². The highest BCUT2D eigenvalue weighted by Gasteiger charge is 2.22. The minimum Gasteiger partial charge on any atom is -0.336 e. The highest BCUT2D eigenvalue weighted by molar-refractivity contribution is 6.29. The van der Waals surface area contributed by atoms with Crippen LogP contribution in [0.2, 0.25) is 5.15 Å². The molecule has 0 atom stereocenters. The third-order valence-corrected chi connectivity index (χ3v) is 3.80. The molecule has 1 amide bonds. The van der Waals surface area contributed by atoms with E-state index in [-0.39, 0.29) is 11.8 Å². The Morgan fingerprint density at radius 3 is 2.62 bits per heavy atom. The van der Waals surface area contributed by atoms with E-state index in [2.05, 4.69) is 11.1 Å². The van der Waals surface area contributed by atoms with Crippen LogP contribution in [0.15, 0.2) is 12.1 Å². The second-order valence-electron chi connectivity index (χ2n) is 5.48. The van der Waals surface area contributed by atoms with Crippen LogP contribution in [0.3, 0.4) is 0 Å². The summed E-state index contributed by atoms with van der Waals surface area (Å²) in [4.78, 5) is 20.6. The molecule has 1 saturated heterocycles. The van der Waals surface area contributed by atoms with E-state index >= 15 is 0 Å². The number of nitrogens with zero attached hydrogens (tertiary/aromatic N) is 4. The van der Waals surface area contributed by atoms with E-state index in [0.29, 0.717) is 30.4 Å². The maximum atomic E-state index is 12.5. The fraction of sp³-hybridized carbons (Fsp3) is 0.533. The number of carbonyl (C=O) groups excluding carboxylic acids is 1. The molecule has 0 bridgehead atoms. The Hall–Kier alpha value is -1.64. The molecule has 0 aromatic carbocycles. The summed E-state index contributed by atoms with van der Waals surface area (Å²) in [7, 11) is 0. The average Bonchev–Trinajstić information content (AvgIpc) is 2.47. The molecular formula is C15H19ClN4O. The Bertz CT molecular complexity index is 559. The monoisotopic (exact) mass is 306 g/mol. The summed E-state index contributed by atoms with van der Waals surface area (Å²) in [5, 5.41) is 9.05. The number of aromatic nitrogens is 1. The molecule has 1 aromatic heterocycles. The minimum absolute atomic E-state index is 0.0159. The molecule has 0 N–H and O–H groups in total. The number of halogens is 1. The van der Waals surface area contributed by atoms with E-state index in [1.165, 1.54) is 0 Å². The molecule has 21 heavy (non-hydrogen) atoms. The largest absolute Gasteiger partial charge is 0.336 e. The molecule has 112 valence electrons. The van der Waals surface area contributed by atoms with Crippen molar-refractivity contribution in [3.63, 3.8) is 0 Å². The van der Waals surface area contributed by atoms with E-state index in [1.807, 2.05) is 29.7 Å². The van der Waals surface area contributed by atoms with Gasteiger partial charge in [-0.1, -0.05) is 25.4 Å². The molecule has 6 heteroatoms. The first-order chi connectivity index (χ1) is 10.0. The van der Waals surface area contributed by atoms with Gasteiger partial charge in [0, 0.05) is 37.4 Å².